The molecule has 25 heavy (non-hydrogen) atoms. The molecule has 1 atom stereocenters. The van der Waals surface area contributed by atoms with Crippen molar-refractivity contribution < 1.29 is 14.3 Å². The SMILES string of the molecule is CC(C)CC(NC(=O)CCCc1cccnc1)C(=O)N1CCOCC1. The number of nitrogens with one attached hydrogen (secondary N) is 1. The van der Waals surface area contributed by atoms with Crippen LogP contribution in [-0.2, 0) is 20.7 Å². The van der Waals surface area contributed by atoms with Crippen LogP contribution in [-0.4, -0.2) is 54.0 Å². The number of amides is 2. The van der Waals surface area contributed by atoms with Gasteiger partial charge in [-0.05, 0) is 36.8 Å². The van der Waals surface area contributed by atoms with Crippen molar-refractivity contribution in [3.63, 3.8) is 0 Å². The van der Waals surface area contributed by atoms with Crippen LogP contribution >= 0.6 is 0 Å². The third-order valence-electron chi connectivity index (χ3n) is 4.26. The van der Waals surface area contributed by atoms with Gasteiger partial charge in [-0.15, -0.1) is 0 Å². The van der Waals surface area contributed by atoms with Gasteiger partial charge in [0.1, 0.15) is 6.04 Å². The minimum atomic E-state index is -0.441. The summed E-state index contributed by atoms with van der Waals surface area (Å²) < 4.78 is 5.30. The molecule has 0 bridgehead atoms. The van der Waals surface area contributed by atoms with E-state index in [1.807, 2.05) is 18.3 Å². The number of nitrogens with zero attached hydrogens (tertiary/aromatic N) is 2. The van der Waals surface area contributed by atoms with Crippen LogP contribution in [0.4, 0.5) is 0 Å². The molecule has 1 aromatic heterocycles. The Hall–Kier alpha value is -1.95. The number of hydrogen-bond acceptors (Lipinski definition) is 4. The van der Waals surface area contributed by atoms with E-state index in [0.29, 0.717) is 45.1 Å². The zero-order chi connectivity index (χ0) is 18.1. The van der Waals surface area contributed by atoms with Crippen LogP contribution in [0.5, 0.6) is 0 Å². The van der Waals surface area contributed by atoms with Gasteiger partial charge >= 0.3 is 0 Å². The van der Waals surface area contributed by atoms with E-state index in [9.17, 15) is 9.59 Å². The zero-order valence-electron chi connectivity index (χ0n) is 15.2. The Balaban J connectivity index is 1.82. The average molecular weight is 347 g/mol. The molecule has 1 fully saturated rings. The first kappa shape index (κ1) is 19.4. The lowest BCUT2D eigenvalue weighted by molar-refractivity contribution is -0.140. The summed E-state index contributed by atoms with van der Waals surface area (Å²) in [4.78, 5) is 30.9. The van der Waals surface area contributed by atoms with E-state index in [-0.39, 0.29) is 11.8 Å². The zero-order valence-corrected chi connectivity index (χ0v) is 15.2. The Bertz CT molecular complexity index is 542. The number of carbonyl (C=O) groups is 2. The lowest BCUT2D eigenvalue weighted by atomic mass is 10.0. The molecule has 2 amide bonds. The van der Waals surface area contributed by atoms with Crippen molar-refractivity contribution in [1.82, 2.24) is 15.2 Å². The lowest BCUT2D eigenvalue weighted by Crippen LogP contribution is -2.52. The molecule has 1 aliphatic heterocycles. The normalized spacial score (nSPS) is 15.9. The molecular formula is C19H29N3O3. The van der Waals surface area contributed by atoms with Crippen LogP contribution in [0, 0.1) is 5.92 Å². The molecule has 1 aliphatic rings. The van der Waals surface area contributed by atoms with E-state index in [1.54, 1.807) is 11.1 Å². The summed E-state index contributed by atoms with van der Waals surface area (Å²) in [7, 11) is 0. The molecule has 6 heteroatoms. The van der Waals surface area contributed by atoms with Crippen molar-refractivity contribution in [1.29, 1.82) is 0 Å². The number of pyridine rings is 1. The summed E-state index contributed by atoms with van der Waals surface area (Å²) in [6.45, 7) is 6.47. The second-order valence-electron chi connectivity index (χ2n) is 6.90. The Kier molecular flexibility index (Phi) is 7.85. The van der Waals surface area contributed by atoms with E-state index >= 15 is 0 Å². The van der Waals surface area contributed by atoms with Crippen LogP contribution in [0.1, 0.15) is 38.7 Å². The fourth-order valence-corrected chi connectivity index (χ4v) is 2.96. The van der Waals surface area contributed by atoms with Crippen LogP contribution in [0.25, 0.3) is 0 Å². The van der Waals surface area contributed by atoms with Crippen molar-refractivity contribution in [2.75, 3.05) is 26.3 Å². The minimum absolute atomic E-state index is 0.0117. The third kappa shape index (κ3) is 6.82. The maximum Gasteiger partial charge on any atom is 0.245 e. The van der Waals surface area contributed by atoms with E-state index in [2.05, 4.69) is 24.1 Å². The van der Waals surface area contributed by atoms with Crippen molar-refractivity contribution in [3.8, 4) is 0 Å². The molecule has 6 nitrogen and oxygen atoms in total. The van der Waals surface area contributed by atoms with Crippen LogP contribution in [0.15, 0.2) is 24.5 Å². The smallest absolute Gasteiger partial charge is 0.245 e. The first-order chi connectivity index (χ1) is 12.1. The van der Waals surface area contributed by atoms with Crippen LogP contribution in [0.2, 0.25) is 0 Å². The monoisotopic (exact) mass is 347 g/mol. The molecule has 0 saturated carbocycles. The molecule has 0 radical (unpaired) electrons. The topological polar surface area (TPSA) is 71.5 Å². The fraction of sp³-hybridized carbons (Fsp3) is 0.632. The van der Waals surface area contributed by atoms with Gasteiger partial charge in [0.05, 0.1) is 13.2 Å². The first-order valence-corrected chi connectivity index (χ1v) is 9.11. The van der Waals surface area contributed by atoms with E-state index in [4.69, 9.17) is 4.74 Å². The van der Waals surface area contributed by atoms with Gasteiger partial charge in [0.2, 0.25) is 11.8 Å². The maximum absolute atomic E-state index is 12.7. The predicted molar refractivity (Wildman–Crippen MR) is 96.0 cm³/mol. The number of aromatic nitrogens is 1. The third-order valence-corrected chi connectivity index (χ3v) is 4.26. The number of rotatable bonds is 8. The van der Waals surface area contributed by atoms with Crippen molar-refractivity contribution in [2.45, 2.75) is 45.6 Å². The molecule has 1 N–H and O–H groups in total. The number of ether oxygens (including phenoxy) is 1. The highest BCUT2D eigenvalue weighted by Crippen LogP contribution is 2.11. The van der Waals surface area contributed by atoms with Gasteiger partial charge < -0.3 is 15.0 Å². The van der Waals surface area contributed by atoms with Crippen molar-refractivity contribution >= 4 is 11.8 Å². The van der Waals surface area contributed by atoms with Crippen LogP contribution < -0.4 is 5.32 Å². The molecule has 0 aromatic carbocycles. The quantitative estimate of drug-likeness (QED) is 0.778. The Labute approximate surface area is 150 Å². The van der Waals surface area contributed by atoms with Gasteiger partial charge in [-0.25, -0.2) is 0 Å². The van der Waals surface area contributed by atoms with Crippen molar-refractivity contribution in [2.24, 2.45) is 5.92 Å². The molecule has 2 rings (SSSR count). The summed E-state index contributed by atoms with van der Waals surface area (Å²) in [5.41, 5.74) is 1.12. The molecular weight excluding hydrogens is 318 g/mol. The highest BCUT2D eigenvalue weighted by atomic mass is 16.5. The number of aryl methyl sites for hydroxylation is 1. The first-order valence-electron chi connectivity index (χ1n) is 9.11. The van der Waals surface area contributed by atoms with Gasteiger partial charge in [-0.2, -0.15) is 0 Å². The predicted octanol–water partition coefficient (Wildman–Crippen LogP) is 1.79. The number of hydrogen-bond donors (Lipinski definition) is 1. The minimum Gasteiger partial charge on any atom is -0.378 e. The van der Waals surface area contributed by atoms with E-state index in [0.717, 1.165) is 18.4 Å². The molecule has 138 valence electrons. The molecule has 1 saturated heterocycles. The molecule has 2 heterocycles. The highest BCUT2D eigenvalue weighted by molar-refractivity contribution is 5.87. The maximum atomic E-state index is 12.7. The van der Waals surface area contributed by atoms with Gasteiger partial charge in [-0.1, -0.05) is 19.9 Å². The second kappa shape index (κ2) is 10.1. The average Bonchev–Trinajstić information content (AvgIpc) is 2.62. The second-order valence-corrected chi connectivity index (χ2v) is 6.90. The molecule has 0 aliphatic carbocycles. The summed E-state index contributed by atoms with van der Waals surface area (Å²) in [6, 6.07) is 3.47. The molecule has 0 spiro atoms. The largest absolute Gasteiger partial charge is 0.378 e. The van der Waals surface area contributed by atoms with Crippen molar-refractivity contribution in [3.05, 3.63) is 30.1 Å². The summed E-state index contributed by atoms with van der Waals surface area (Å²) >= 11 is 0. The Morgan fingerprint density at radius 1 is 1.32 bits per heavy atom. The van der Waals surface area contributed by atoms with E-state index < -0.39 is 6.04 Å². The molecule has 1 aromatic rings. The van der Waals surface area contributed by atoms with Crippen LogP contribution in [0.3, 0.4) is 0 Å². The van der Waals surface area contributed by atoms with Gasteiger partial charge in [0.15, 0.2) is 0 Å². The van der Waals surface area contributed by atoms with Gasteiger partial charge in [-0.3, -0.25) is 14.6 Å². The summed E-state index contributed by atoms with van der Waals surface area (Å²) in [5, 5.41) is 2.95. The Morgan fingerprint density at radius 2 is 2.08 bits per heavy atom. The standard InChI is InChI=1S/C19H29N3O3/c1-15(2)13-17(19(24)22-9-11-25-12-10-22)21-18(23)7-3-5-16-6-4-8-20-14-16/h4,6,8,14-15,17H,3,5,7,9-13H2,1-2H3,(H,21,23). The Morgan fingerprint density at radius 3 is 2.72 bits per heavy atom. The number of morpholine rings is 1. The number of carbonyl (C=O) groups excluding carboxylic acids is 2. The summed E-state index contributed by atoms with van der Waals surface area (Å²) in [5.74, 6) is 0.291. The van der Waals surface area contributed by atoms with Gasteiger partial charge in [0.25, 0.3) is 0 Å². The lowest BCUT2D eigenvalue weighted by Gasteiger charge is -2.31. The fourth-order valence-electron chi connectivity index (χ4n) is 2.96. The summed E-state index contributed by atoms with van der Waals surface area (Å²) in [6.07, 6.45) is 6.20. The highest BCUT2D eigenvalue weighted by Gasteiger charge is 2.27. The van der Waals surface area contributed by atoms with Gasteiger partial charge in [0, 0.05) is 31.9 Å². The van der Waals surface area contributed by atoms with E-state index in [1.165, 1.54) is 0 Å². The molecule has 1 unspecified atom stereocenters.